The van der Waals surface area contributed by atoms with Crippen molar-refractivity contribution in [1.29, 1.82) is 0 Å². The summed E-state index contributed by atoms with van der Waals surface area (Å²) in [5, 5.41) is 2.50. The molecule has 3 heteroatoms. The third-order valence-corrected chi connectivity index (χ3v) is 5.32. The Labute approximate surface area is 118 Å². The minimum Gasteiger partial charge on any atom is -0.300 e. The molecule has 1 saturated carbocycles. The van der Waals surface area contributed by atoms with Crippen molar-refractivity contribution in [3.63, 3.8) is 0 Å². The molecule has 0 aromatic carbocycles. The molecule has 2 heterocycles. The van der Waals surface area contributed by atoms with Gasteiger partial charge in [-0.3, -0.25) is 5.43 Å². The summed E-state index contributed by atoms with van der Waals surface area (Å²) >= 11 is 0. The van der Waals surface area contributed by atoms with E-state index in [0.29, 0.717) is 0 Å². The fourth-order valence-corrected chi connectivity index (χ4v) is 4.13. The van der Waals surface area contributed by atoms with Crippen LogP contribution in [-0.4, -0.2) is 48.2 Å². The van der Waals surface area contributed by atoms with Gasteiger partial charge in [-0.05, 0) is 64.5 Å². The van der Waals surface area contributed by atoms with Crippen molar-refractivity contribution in [1.82, 2.24) is 15.3 Å². The number of nitrogens with one attached hydrogen (secondary N) is 1. The van der Waals surface area contributed by atoms with Gasteiger partial charge in [0.05, 0.1) is 0 Å². The molecule has 0 atom stereocenters. The normalized spacial score (nSPS) is 35.4. The topological polar surface area (TPSA) is 18.5 Å². The molecular weight excluding hydrogens is 234 g/mol. The van der Waals surface area contributed by atoms with Gasteiger partial charge in [0, 0.05) is 25.2 Å². The molecule has 3 fully saturated rings. The van der Waals surface area contributed by atoms with E-state index in [1.165, 1.54) is 90.4 Å². The largest absolute Gasteiger partial charge is 0.300 e. The number of rotatable bonds is 3. The molecule has 0 bridgehead atoms. The Hall–Kier alpha value is -0.120. The van der Waals surface area contributed by atoms with Gasteiger partial charge in [-0.2, -0.15) is 0 Å². The number of likely N-dealkylation sites (tertiary alicyclic amines) is 1. The lowest BCUT2D eigenvalue weighted by atomic mass is 9.89. The molecule has 1 aliphatic carbocycles. The van der Waals surface area contributed by atoms with Gasteiger partial charge in [-0.1, -0.05) is 12.8 Å². The molecule has 2 aliphatic heterocycles. The second-order valence-electron chi connectivity index (χ2n) is 6.78. The lowest BCUT2D eigenvalue weighted by Gasteiger charge is -2.40. The first-order chi connectivity index (χ1) is 9.42. The molecular formula is C16H31N3. The third-order valence-electron chi connectivity index (χ3n) is 5.32. The standard InChI is InChI=1S/C16H31N3/c1-3-11-18(12-4-1)16-9-7-15(8-10-16)17-19-13-5-2-6-14-19/h15-17H,1-14H2. The molecule has 1 N–H and O–H groups in total. The van der Waals surface area contributed by atoms with Crippen molar-refractivity contribution in [2.75, 3.05) is 26.2 Å². The highest BCUT2D eigenvalue weighted by molar-refractivity contribution is 4.84. The van der Waals surface area contributed by atoms with Crippen molar-refractivity contribution >= 4 is 0 Å². The van der Waals surface area contributed by atoms with Crippen molar-refractivity contribution in [2.45, 2.75) is 76.3 Å². The highest BCUT2D eigenvalue weighted by Gasteiger charge is 2.27. The zero-order valence-corrected chi connectivity index (χ0v) is 12.4. The van der Waals surface area contributed by atoms with Crippen molar-refractivity contribution < 1.29 is 0 Å². The minimum atomic E-state index is 0.763. The van der Waals surface area contributed by atoms with Gasteiger partial charge in [0.25, 0.3) is 0 Å². The molecule has 0 spiro atoms. The quantitative estimate of drug-likeness (QED) is 0.846. The van der Waals surface area contributed by atoms with Gasteiger partial charge < -0.3 is 4.90 Å². The maximum Gasteiger partial charge on any atom is 0.0216 e. The summed E-state index contributed by atoms with van der Waals surface area (Å²) in [5.74, 6) is 0. The molecule has 2 saturated heterocycles. The van der Waals surface area contributed by atoms with Crippen LogP contribution in [-0.2, 0) is 0 Å². The van der Waals surface area contributed by atoms with Crippen LogP contribution in [0.2, 0.25) is 0 Å². The van der Waals surface area contributed by atoms with E-state index in [4.69, 9.17) is 0 Å². The summed E-state index contributed by atoms with van der Waals surface area (Å²) in [6.45, 7) is 5.28. The van der Waals surface area contributed by atoms with Gasteiger partial charge in [0.2, 0.25) is 0 Å². The second kappa shape index (κ2) is 7.05. The average molecular weight is 265 g/mol. The third kappa shape index (κ3) is 3.93. The molecule has 0 amide bonds. The first-order valence-corrected chi connectivity index (χ1v) is 8.67. The second-order valence-corrected chi connectivity index (χ2v) is 6.78. The van der Waals surface area contributed by atoms with Crippen LogP contribution in [0.1, 0.15) is 64.2 Å². The summed E-state index contributed by atoms with van der Waals surface area (Å²) in [5.41, 5.74) is 3.80. The summed E-state index contributed by atoms with van der Waals surface area (Å²) in [4.78, 5) is 2.78. The number of nitrogens with zero attached hydrogens (tertiary/aromatic N) is 2. The van der Waals surface area contributed by atoms with Gasteiger partial charge in [-0.25, -0.2) is 5.01 Å². The van der Waals surface area contributed by atoms with Gasteiger partial charge in [0.15, 0.2) is 0 Å². The fraction of sp³-hybridized carbons (Fsp3) is 1.00. The molecule has 0 aromatic rings. The van der Waals surface area contributed by atoms with E-state index in [9.17, 15) is 0 Å². The van der Waals surface area contributed by atoms with Crippen LogP contribution in [0.25, 0.3) is 0 Å². The van der Waals surface area contributed by atoms with Crippen molar-refractivity contribution in [2.24, 2.45) is 0 Å². The molecule has 3 aliphatic rings. The van der Waals surface area contributed by atoms with E-state index in [1.807, 2.05) is 0 Å². The predicted molar refractivity (Wildman–Crippen MR) is 80.0 cm³/mol. The van der Waals surface area contributed by atoms with E-state index in [-0.39, 0.29) is 0 Å². The lowest BCUT2D eigenvalue weighted by molar-refractivity contribution is 0.0798. The zero-order chi connectivity index (χ0) is 12.9. The Morgan fingerprint density at radius 3 is 1.84 bits per heavy atom. The van der Waals surface area contributed by atoms with Gasteiger partial charge in [0.1, 0.15) is 0 Å². The molecule has 110 valence electrons. The number of hydrogen-bond acceptors (Lipinski definition) is 3. The minimum absolute atomic E-state index is 0.763. The van der Waals surface area contributed by atoms with Gasteiger partial charge >= 0.3 is 0 Å². The Kier molecular flexibility index (Phi) is 5.14. The predicted octanol–water partition coefficient (Wildman–Crippen LogP) is 2.77. The van der Waals surface area contributed by atoms with Gasteiger partial charge in [-0.15, -0.1) is 0 Å². The summed E-state index contributed by atoms with van der Waals surface area (Å²) < 4.78 is 0. The zero-order valence-electron chi connectivity index (χ0n) is 12.4. The molecule has 3 nitrogen and oxygen atoms in total. The molecule has 19 heavy (non-hydrogen) atoms. The monoisotopic (exact) mass is 265 g/mol. The SMILES string of the molecule is C1CCN(NC2CCC(N3CCCCC3)CC2)CC1. The number of hydrogen-bond donors (Lipinski definition) is 1. The van der Waals surface area contributed by atoms with E-state index < -0.39 is 0 Å². The Morgan fingerprint density at radius 2 is 1.21 bits per heavy atom. The summed E-state index contributed by atoms with van der Waals surface area (Å²) in [6, 6.07) is 1.67. The van der Waals surface area contributed by atoms with Crippen LogP contribution in [0, 0.1) is 0 Å². The van der Waals surface area contributed by atoms with Crippen LogP contribution in [0.15, 0.2) is 0 Å². The molecule has 0 aromatic heterocycles. The molecule has 0 unspecified atom stereocenters. The average Bonchev–Trinajstić information content (AvgIpc) is 2.50. The van der Waals surface area contributed by atoms with E-state index in [2.05, 4.69) is 15.3 Å². The van der Waals surface area contributed by atoms with Crippen molar-refractivity contribution in [3.05, 3.63) is 0 Å². The van der Waals surface area contributed by atoms with E-state index in [1.54, 1.807) is 0 Å². The van der Waals surface area contributed by atoms with E-state index in [0.717, 1.165) is 12.1 Å². The Morgan fingerprint density at radius 1 is 0.632 bits per heavy atom. The number of hydrazine groups is 1. The first kappa shape index (κ1) is 13.8. The Bertz CT molecular complexity index is 249. The summed E-state index contributed by atoms with van der Waals surface area (Å²) in [7, 11) is 0. The highest BCUT2D eigenvalue weighted by Crippen LogP contribution is 2.26. The van der Waals surface area contributed by atoms with Crippen molar-refractivity contribution in [3.8, 4) is 0 Å². The van der Waals surface area contributed by atoms with Crippen LogP contribution >= 0.6 is 0 Å². The van der Waals surface area contributed by atoms with Crippen LogP contribution in [0.4, 0.5) is 0 Å². The smallest absolute Gasteiger partial charge is 0.0216 e. The Balaban J connectivity index is 1.38. The number of piperidine rings is 2. The maximum absolute atomic E-state index is 3.80. The van der Waals surface area contributed by atoms with E-state index >= 15 is 0 Å². The first-order valence-electron chi connectivity index (χ1n) is 8.67. The van der Waals surface area contributed by atoms with Crippen LogP contribution in [0.3, 0.4) is 0 Å². The lowest BCUT2D eigenvalue weighted by Crippen LogP contribution is -2.50. The fourth-order valence-electron chi connectivity index (χ4n) is 4.13. The van der Waals surface area contributed by atoms with Crippen LogP contribution < -0.4 is 5.43 Å². The molecule has 0 radical (unpaired) electrons. The molecule has 3 rings (SSSR count). The summed E-state index contributed by atoms with van der Waals surface area (Å²) in [6.07, 6.45) is 14.2. The van der Waals surface area contributed by atoms with Crippen LogP contribution in [0.5, 0.6) is 0 Å². The maximum atomic E-state index is 3.80. The highest BCUT2D eigenvalue weighted by atomic mass is 15.5.